The van der Waals surface area contributed by atoms with Gasteiger partial charge in [-0.1, -0.05) is 24.4 Å². The average molecular weight is 300 g/mol. The van der Waals surface area contributed by atoms with Crippen LogP contribution in [-0.4, -0.2) is 10.9 Å². The highest BCUT2D eigenvalue weighted by molar-refractivity contribution is 7.80. The summed E-state index contributed by atoms with van der Waals surface area (Å²) >= 11 is 4.98. The second-order valence-electron chi connectivity index (χ2n) is 4.62. The lowest BCUT2D eigenvalue weighted by Gasteiger charge is -2.12. The molecule has 0 aliphatic rings. The summed E-state index contributed by atoms with van der Waals surface area (Å²) in [7, 11) is 0. The monoisotopic (exact) mass is 300 g/mol. The molecule has 3 N–H and O–H groups in total. The number of carbonyl (C=O) groups excluding carboxylic acids is 1. The third kappa shape index (κ3) is 3.79. The SMILES string of the molecule is CC(=O)Nc1ccccc1Oc1ccc(C(N)=S)c(C)c1. The number of hydrogen-bond donors (Lipinski definition) is 2. The molecule has 0 spiro atoms. The van der Waals surface area contributed by atoms with E-state index in [2.05, 4.69) is 5.32 Å². The molecular weight excluding hydrogens is 284 g/mol. The molecule has 0 saturated heterocycles. The molecule has 0 saturated carbocycles. The van der Waals surface area contributed by atoms with Gasteiger partial charge in [0.15, 0.2) is 5.75 Å². The number of carbonyl (C=O) groups is 1. The maximum Gasteiger partial charge on any atom is 0.221 e. The third-order valence-electron chi connectivity index (χ3n) is 2.89. The molecule has 0 aliphatic heterocycles. The molecule has 21 heavy (non-hydrogen) atoms. The fraction of sp³-hybridized carbons (Fsp3) is 0.125. The summed E-state index contributed by atoms with van der Waals surface area (Å²) in [6.07, 6.45) is 0. The van der Waals surface area contributed by atoms with Crippen molar-refractivity contribution < 1.29 is 9.53 Å². The summed E-state index contributed by atoms with van der Waals surface area (Å²) in [5, 5.41) is 2.73. The van der Waals surface area contributed by atoms with Crippen LogP contribution in [-0.2, 0) is 4.79 Å². The van der Waals surface area contributed by atoms with E-state index in [9.17, 15) is 4.79 Å². The third-order valence-corrected chi connectivity index (χ3v) is 3.11. The van der Waals surface area contributed by atoms with Gasteiger partial charge in [-0.2, -0.15) is 0 Å². The van der Waals surface area contributed by atoms with Gasteiger partial charge in [0.2, 0.25) is 5.91 Å². The molecule has 2 aromatic rings. The van der Waals surface area contributed by atoms with Crippen LogP contribution in [0.1, 0.15) is 18.1 Å². The molecule has 0 aromatic heterocycles. The summed E-state index contributed by atoms with van der Waals surface area (Å²) < 4.78 is 5.83. The fourth-order valence-corrected chi connectivity index (χ4v) is 2.18. The number of benzene rings is 2. The number of thiocarbonyl (C=S) groups is 1. The predicted molar refractivity (Wildman–Crippen MR) is 87.9 cm³/mol. The Morgan fingerprint density at radius 2 is 1.95 bits per heavy atom. The van der Waals surface area contributed by atoms with Crippen LogP contribution in [0.2, 0.25) is 0 Å². The van der Waals surface area contributed by atoms with Crippen LogP contribution >= 0.6 is 12.2 Å². The number of amides is 1. The highest BCUT2D eigenvalue weighted by atomic mass is 32.1. The number of nitrogens with two attached hydrogens (primary N) is 1. The maximum atomic E-state index is 11.2. The fourth-order valence-electron chi connectivity index (χ4n) is 1.95. The average Bonchev–Trinajstić information content (AvgIpc) is 2.40. The van der Waals surface area contributed by atoms with Gasteiger partial charge in [0.05, 0.1) is 5.69 Å². The zero-order chi connectivity index (χ0) is 15.4. The van der Waals surface area contributed by atoms with Crippen LogP contribution in [0, 0.1) is 6.92 Å². The molecule has 0 unspecified atom stereocenters. The molecule has 2 rings (SSSR count). The van der Waals surface area contributed by atoms with Gasteiger partial charge in [0.1, 0.15) is 10.7 Å². The Labute approximate surface area is 128 Å². The summed E-state index contributed by atoms with van der Waals surface area (Å²) in [5.41, 5.74) is 8.03. The number of nitrogens with one attached hydrogen (secondary N) is 1. The van der Waals surface area contributed by atoms with E-state index in [0.717, 1.165) is 11.1 Å². The second kappa shape index (κ2) is 6.37. The Kier molecular flexibility index (Phi) is 4.55. The van der Waals surface area contributed by atoms with Crippen molar-refractivity contribution >= 4 is 28.8 Å². The lowest BCUT2D eigenvalue weighted by molar-refractivity contribution is -0.114. The Balaban J connectivity index is 2.28. The molecule has 0 heterocycles. The van der Waals surface area contributed by atoms with Crippen molar-refractivity contribution in [1.29, 1.82) is 0 Å². The van der Waals surface area contributed by atoms with Gasteiger partial charge >= 0.3 is 0 Å². The van der Waals surface area contributed by atoms with E-state index in [1.807, 2.05) is 31.2 Å². The topological polar surface area (TPSA) is 64.3 Å². The Hall–Kier alpha value is -2.40. The summed E-state index contributed by atoms with van der Waals surface area (Å²) in [4.78, 5) is 11.6. The van der Waals surface area contributed by atoms with Crippen molar-refractivity contribution in [3.05, 3.63) is 53.6 Å². The molecule has 0 radical (unpaired) electrons. The van der Waals surface area contributed by atoms with Crippen LogP contribution in [0.25, 0.3) is 0 Å². The second-order valence-corrected chi connectivity index (χ2v) is 5.06. The van der Waals surface area contributed by atoms with Crippen LogP contribution < -0.4 is 15.8 Å². The van der Waals surface area contributed by atoms with Crippen molar-refractivity contribution in [2.75, 3.05) is 5.32 Å². The minimum absolute atomic E-state index is 0.147. The van der Waals surface area contributed by atoms with Crippen molar-refractivity contribution in [2.45, 2.75) is 13.8 Å². The van der Waals surface area contributed by atoms with Crippen LogP contribution in [0.3, 0.4) is 0 Å². The van der Waals surface area contributed by atoms with Gasteiger partial charge in [-0.3, -0.25) is 4.79 Å². The molecule has 2 aromatic carbocycles. The van der Waals surface area contributed by atoms with Crippen LogP contribution in [0.15, 0.2) is 42.5 Å². The molecule has 5 heteroatoms. The molecule has 0 bridgehead atoms. The van der Waals surface area contributed by atoms with E-state index in [1.165, 1.54) is 6.92 Å². The number of anilines is 1. The van der Waals surface area contributed by atoms with Crippen molar-refractivity contribution in [2.24, 2.45) is 5.73 Å². The number of hydrogen-bond acceptors (Lipinski definition) is 3. The van der Waals surface area contributed by atoms with E-state index in [-0.39, 0.29) is 5.91 Å². The summed E-state index contributed by atoms with van der Waals surface area (Å²) in [5.74, 6) is 1.09. The quantitative estimate of drug-likeness (QED) is 0.850. The standard InChI is InChI=1S/C16H16N2O2S/c1-10-9-12(7-8-13(10)16(17)21)20-15-6-4-3-5-14(15)18-11(2)19/h3-9H,1-2H3,(H2,17,21)(H,18,19). The largest absolute Gasteiger partial charge is 0.455 e. The first-order valence-electron chi connectivity index (χ1n) is 6.42. The van der Waals surface area contributed by atoms with E-state index >= 15 is 0 Å². The summed E-state index contributed by atoms with van der Waals surface area (Å²) in [6.45, 7) is 3.37. The van der Waals surface area contributed by atoms with Crippen LogP contribution in [0.4, 0.5) is 5.69 Å². The van der Waals surface area contributed by atoms with Crippen molar-refractivity contribution in [3.63, 3.8) is 0 Å². The highest BCUT2D eigenvalue weighted by Gasteiger charge is 2.08. The first-order valence-corrected chi connectivity index (χ1v) is 6.83. The smallest absolute Gasteiger partial charge is 0.221 e. The molecule has 0 fully saturated rings. The number of aryl methyl sites for hydroxylation is 1. The lowest BCUT2D eigenvalue weighted by Crippen LogP contribution is -2.11. The Morgan fingerprint density at radius 1 is 1.24 bits per heavy atom. The van der Waals surface area contributed by atoms with E-state index in [4.69, 9.17) is 22.7 Å². The van der Waals surface area contributed by atoms with Crippen LogP contribution in [0.5, 0.6) is 11.5 Å². The Bertz CT molecular complexity index is 698. The summed E-state index contributed by atoms with van der Waals surface area (Å²) in [6, 6.07) is 12.7. The van der Waals surface area contributed by atoms with E-state index < -0.39 is 0 Å². The maximum absolute atomic E-state index is 11.2. The van der Waals surface area contributed by atoms with Gasteiger partial charge in [-0.15, -0.1) is 0 Å². The molecule has 1 amide bonds. The van der Waals surface area contributed by atoms with E-state index in [0.29, 0.717) is 22.2 Å². The molecule has 0 atom stereocenters. The number of rotatable bonds is 4. The number of ether oxygens (including phenoxy) is 1. The highest BCUT2D eigenvalue weighted by Crippen LogP contribution is 2.30. The van der Waals surface area contributed by atoms with Crippen molar-refractivity contribution in [3.8, 4) is 11.5 Å². The predicted octanol–water partition coefficient (Wildman–Crippen LogP) is 3.38. The minimum atomic E-state index is -0.147. The molecular formula is C16H16N2O2S. The van der Waals surface area contributed by atoms with Crippen molar-refractivity contribution in [1.82, 2.24) is 0 Å². The van der Waals surface area contributed by atoms with E-state index in [1.54, 1.807) is 18.2 Å². The number of para-hydroxylation sites is 2. The zero-order valence-corrected chi connectivity index (χ0v) is 12.7. The normalized spacial score (nSPS) is 10.0. The molecule has 108 valence electrons. The van der Waals surface area contributed by atoms with Gasteiger partial charge in [0, 0.05) is 12.5 Å². The van der Waals surface area contributed by atoms with Gasteiger partial charge in [0.25, 0.3) is 0 Å². The first kappa shape index (κ1) is 15.0. The zero-order valence-electron chi connectivity index (χ0n) is 11.8. The van der Waals surface area contributed by atoms with Gasteiger partial charge < -0.3 is 15.8 Å². The first-order chi connectivity index (χ1) is 9.97. The van der Waals surface area contributed by atoms with Gasteiger partial charge in [-0.05, 0) is 42.8 Å². The molecule has 0 aliphatic carbocycles. The van der Waals surface area contributed by atoms with Gasteiger partial charge in [-0.25, -0.2) is 0 Å². The Morgan fingerprint density at radius 3 is 2.57 bits per heavy atom. The lowest BCUT2D eigenvalue weighted by atomic mass is 10.1. The minimum Gasteiger partial charge on any atom is -0.455 e. The molecule has 4 nitrogen and oxygen atoms in total.